The van der Waals surface area contributed by atoms with Crippen molar-refractivity contribution >= 4 is 62.5 Å². The number of benzene rings is 3. The Morgan fingerprint density at radius 3 is 2.55 bits per heavy atom. The molecule has 1 aliphatic heterocycles. The van der Waals surface area contributed by atoms with Crippen molar-refractivity contribution in [2.75, 3.05) is 12.0 Å². The van der Waals surface area contributed by atoms with Gasteiger partial charge in [-0.1, -0.05) is 17.7 Å². The average Bonchev–Trinajstić information content (AvgIpc) is 3.06. The van der Waals surface area contributed by atoms with Crippen LogP contribution in [0.2, 0.25) is 5.02 Å². The molecule has 1 amide bonds. The molecule has 0 atom stereocenters. The van der Waals surface area contributed by atoms with Crippen LogP contribution in [-0.4, -0.2) is 18.1 Å². The van der Waals surface area contributed by atoms with Crippen LogP contribution >= 0.6 is 39.7 Å². The molecule has 0 saturated carbocycles. The highest BCUT2D eigenvalue weighted by Gasteiger charge is 2.32. The van der Waals surface area contributed by atoms with Crippen molar-refractivity contribution in [3.05, 3.63) is 92.8 Å². The Labute approximate surface area is 208 Å². The standard InChI is InChI=1S/C24H17BrClFN2O3S/c1-31-21-8-2-14(10-15(21)13-32-22-9-3-16(26)12-19(22)25)11-20-23(30)29(24(33)28-20)18-6-4-17(27)5-7-18/h2-12H,13H2,1H3,(H,28,33)/b20-11+. The molecule has 5 nitrogen and oxygen atoms in total. The molecular formula is C24H17BrClFN2O3S. The zero-order chi connectivity index (χ0) is 23.5. The number of hydrogen-bond donors (Lipinski definition) is 1. The van der Waals surface area contributed by atoms with Crippen LogP contribution in [0, 0.1) is 5.82 Å². The van der Waals surface area contributed by atoms with E-state index in [4.69, 9.17) is 33.3 Å². The molecule has 1 fully saturated rings. The second kappa shape index (κ2) is 9.91. The Hall–Kier alpha value is -2.94. The van der Waals surface area contributed by atoms with Crippen LogP contribution < -0.4 is 19.7 Å². The van der Waals surface area contributed by atoms with E-state index in [-0.39, 0.29) is 17.6 Å². The van der Waals surface area contributed by atoms with Crippen LogP contribution in [0.25, 0.3) is 6.08 Å². The second-order valence-corrected chi connectivity index (χ2v) is 8.72. The fourth-order valence-corrected chi connectivity index (χ4v) is 4.37. The second-order valence-electron chi connectivity index (χ2n) is 7.04. The lowest BCUT2D eigenvalue weighted by molar-refractivity contribution is -0.113. The first-order chi connectivity index (χ1) is 15.9. The number of hydrogen-bond acceptors (Lipinski definition) is 4. The number of carbonyl (C=O) groups excluding carboxylic acids is 1. The van der Waals surface area contributed by atoms with E-state index in [2.05, 4.69) is 21.2 Å². The number of anilines is 1. The summed E-state index contributed by atoms with van der Waals surface area (Å²) in [5.74, 6) is 0.568. The number of amides is 1. The van der Waals surface area contributed by atoms with E-state index in [1.807, 2.05) is 12.1 Å². The lowest BCUT2D eigenvalue weighted by Crippen LogP contribution is -2.30. The first-order valence-corrected chi connectivity index (χ1v) is 11.3. The minimum Gasteiger partial charge on any atom is -0.496 e. The van der Waals surface area contributed by atoms with Crippen LogP contribution in [0.3, 0.4) is 0 Å². The topological polar surface area (TPSA) is 50.8 Å². The highest BCUT2D eigenvalue weighted by molar-refractivity contribution is 9.10. The van der Waals surface area contributed by atoms with Crippen molar-refractivity contribution in [2.24, 2.45) is 0 Å². The SMILES string of the molecule is COc1ccc(/C=C2/NC(=S)N(c3ccc(F)cc3)C2=O)cc1COc1ccc(Cl)cc1Br. The molecule has 0 unspecified atom stereocenters. The van der Waals surface area contributed by atoms with Gasteiger partial charge in [-0.2, -0.15) is 0 Å². The molecule has 0 spiro atoms. The van der Waals surface area contributed by atoms with Crippen LogP contribution in [0.4, 0.5) is 10.1 Å². The fraction of sp³-hybridized carbons (Fsp3) is 0.0833. The van der Waals surface area contributed by atoms with Gasteiger partial charge in [-0.3, -0.25) is 9.69 Å². The highest BCUT2D eigenvalue weighted by atomic mass is 79.9. The monoisotopic (exact) mass is 546 g/mol. The maximum Gasteiger partial charge on any atom is 0.281 e. The Morgan fingerprint density at radius 1 is 1.12 bits per heavy atom. The minimum atomic E-state index is -0.390. The summed E-state index contributed by atoms with van der Waals surface area (Å²) in [5.41, 5.74) is 2.34. The number of ether oxygens (including phenoxy) is 2. The van der Waals surface area contributed by atoms with Gasteiger partial charge in [0.25, 0.3) is 5.91 Å². The molecule has 0 aliphatic carbocycles. The van der Waals surface area contributed by atoms with E-state index in [0.717, 1.165) is 15.6 Å². The number of nitrogens with zero attached hydrogens (tertiary/aromatic N) is 1. The summed E-state index contributed by atoms with van der Waals surface area (Å²) in [7, 11) is 1.58. The van der Waals surface area contributed by atoms with Gasteiger partial charge >= 0.3 is 0 Å². The molecule has 0 radical (unpaired) electrons. The van der Waals surface area contributed by atoms with Gasteiger partial charge in [0.2, 0.25) is 0 Å². The van der Waals surface area contributed by atoms with E-state index < -0.39 is 5.82 Å². The Morgan fingerprint density at radius 2 is 1.85 bits per heavy atom. The number of thiocarbonyl (C=S) groups is 1. The van der Waals surface area contributed by atoms with Crippen molar-refractivity contribution in [3.8, 4) is 11.5 Å². The van der Waals surface area contributed by atoms with Crippen molar-refractivity contribution < 1.29 is 18.7 Å². The molecule has 0 bridgehead atoms. The van der Waals surface area contributed by atoms with Crippen molar-refractivity contribution in [1.82, 2.24) is 5.32 Å². The van der Waals surface area contributed by atoms with Gasteiger partial charge in [0.15, 0.2) is 5.11 Å². The van der Waals surface area contributed by atoms with Crippen LogP contribution in [0.15, 0.2) is 70.8 Å². The molecule has 9 heteroatoms. The molecule has 1 N–H and O–H groups in total. The normalized spacial score (nSPS) is 14.5. The zero-order valence-corrected chi connectivity index (χ0v) is 20.4. The maximum atomic E-state index is 13.3. The van der Waals surface area contributed by atoms with Crippen LogP contribution in [0.1, 0.15) is 11.1 Å². The molecule has 168 valence electrons. The predicted octanol–water partition coefficient (Wildman–Crippen LogP) is 6.09. The van der Waals surface area contributed by atoms with E-state index >= 15 is 0 Å². The lowest BCUT2D eigenvalue weighted by atomic mass is 10.1. The Kier molecular flexibility index (Phi) is 6.97. The van der Waals surface area contributed by atoms with Gasteiger partial charge in [-0.05, 0) is 94.4 Å². The number of rotatable bonds is 6. The maximum absolute atomic E-state index is 13.3. The third kappa shape index (κ3) is 5.19. The van der Waals surface area contributed by atoms with Gasteiger partial charge in [0, 0.05) is 10.6 Å². The van der Waals surface area contributed by atoms with E-state index in [9.17, 15) is 9.18 Å². The average molecular weight is 548 g/mol. The van der Waals surface area contributed by atoms with Gasteiger partial charge in [-0.25, -0.2) is 4.39 Å². The summed E-state index contributed by atoms with van der Waals surface area (Å²) in [6, 6.07) is 16.3. The first kappa shape index (κ1) is 23.2. The van der Waals surface area contributed by atoms with E-state index in [1.54, 1.807) is 37.5 Å². The summed E-state index contributed by atoms with van der Waals surface area (Å²) >= 11 is 14.7. The lowest BCUT2D eigenvalue weighted by Gasteiger charge is -2.13. The summed E-state index contributed by atoms with van der Waals surface area (Å²) < 4.78 is 25.4. The molecule has 0 aromatic heterocycles. The third-order valence-electron chi connectivity index (χ3n) is 4.86. The van der Waals surface area contributed by atoms with Gasteiger partial charge in [0.05, 0.1) is 17.3 Å². The van der Waals surface area contributed by atoms with Crippen LogP contribution in [0.5, 0.6) is 11.5 Å². The highest BCUT2D eigenvalue weighted by Crippen LogP contribution is 2.30. The van der Waals surface area contributed by atoms with Crippen molar-refractivity contribution in [2.45, 2.75) is 6.61 Å². The van der Waals surface area contributed by atoms with Gasteiger partial charge in [0.1, 0.15) is 29.6 Å². The summed E-state index contributed by atoms with van der Waals surface area (Å²) in [6.07, 6.45) is 1.69. The number of carbonyl (C=O) groups is 1. The molecule has 3 aromatic rings. The number of halogens is 3. The number of methoxy groups -OCH3 is 1. The smallest absolute Gasteiger partial charge is 0.281 e. The molecule has 33 heavy (non-hydrogen) atoms. The summed E-state index contributed by atoms with van der Waals surface area (Å²) in [6.45, 7) is 0.238. The molecule has 4 rings (SSSR count). The quantitative estimate of drug-likeness (QED) is 0.299. The first-order valence-electron chi connectivity index (χ1n) is 9.73. The van der Waals surface area contributed by atoms with Crippen LogP contribution in [-0.2, 0) is 11.4 Å². The molecule has 1 heterocycles. The third-order valence-corrected chi connectivity index (χ3v) is 6.00. The van der Waals surface area contributed by atoms with E-state index in [0.29, 0.717) is 27.9 Å². The Bertz CT molecular complexity index is 1270. The molecule has 3 aromatic carbocycles. The zero-order valence-electron chi connectivity index (χ0n) is 17.3. The Balaban J connectivity index is 1.57. The van der Waals surface area contributed by atoms with Gasteiger partial charge in [-0.15, -0.1) is 0 Å². The minimum absolute atomic E-state index is 0.225. The van der Waals surface area contributed by atoms with Gasteiger partial charge < -0.3 is 14.8 Å². The largest absolute Gasteiger partial charge is 0.496 e. The molecule has 1 saturated heterocycles. The predicted molar refractivity (Wildman–Crippen MR) is 134 cm³/mol. The number of nitrogens with one attached hydrogen (secondary N) is 1. The van der Waals surface area contributed by atoms with Crippen molar-refractivity contribution in [3.63, 3.8) is 0 Å². The van der Waals surface area contributed by atoms with E-state index in [1.165, 1.54) is 29.2 Å². The summed E-state index contributed by atoms with van der Waals surface area (Å²) in [4.78, 5) is 14.3. The molecule has 1 aliphatic rings. The van der Waals surface area contributed by atoms with Crippen molar-refractivity contribution in [1.29, 1.82) is 0 Å². The molecular weight excluding hydrogens is 531 g/mol. The fourth-order valence-electron chi connectivity index (χ4n) is 3.28. The summed E-state index contributed by atoms with van der Waals surface area (Å²) in [5, 5.41) is 3.75.